The maximum atomic E-state index is 12.5. The molecule has 2 aliphatic rings. The maximum absolute atomic E-state index is 12.5. The Labute approximate surface area is 148 Å². The zero-order valence-corrected chi connectivity index (χ0v) is 14.2. The molecule has 2 unspecified atom stereocenters. The summed E-state index contributed by atoms with van der Waals surface area (Å²) in [5.41, 5.74) is 1.45. The standard InChI is InChI=1S/C17H20F3NO5/c1-24-9-13-8-21(16(23)26-13)11-3-5-14-10(6-11)2-4-12(25-14)7-15(22)17(18,19)20/h3,5-6,12-13,15,22H,2,4,7-9H2,1H3/t12?,13-,15?/m1/s1. The highest BCUT2D eigenvalue weighted by Crippen LogP contribution is 2.35. The number of benzene rings is 1. The van der Waals surface area contributed by atoms with Gasteiger partial charge in [-0.3, -0.25) is 4.90 Å². The third-order valence-corrected chi connectivity index (χ3v) is 4.48. The van der Waals surface area contributed by atoms with Crippen LogP contribution in [0, 0.1) is 0 Å². The quantitative estimate of drug-likeness (QED) is 0.857. The molecule has 1 N–H and O–H groups in total. The number of aliphatic hydroxyl groups is 1. The van der Waals surface area contributed by atoms with Gasteiger partial charge in [0, 0.05) is 19.2 Å². The summed E-state index contributed by atoms with van der Waals surface area (Å²) in [4.78, 5) is 13.5. The number of fused-ring (bicyclic) bond motifs is 1. The Kier molecular flexibility index (Phi) is 5.29. The molecule has 3 atom stereocenters. The first kappa shape index (κ1) is 18.8. The number of rotatable bonds is 5. The Morgan fingerprint density at radius 1 is 1.35 bits per heavy atom. The van der Waals surface area contributed by atoms with Crippen LogP contribution in [0.5, 0.6) is 5.75 Å². The molecule has 9 heteroatoms. The first-order valence-corrected chi connectivity index (χ1v) is 8.29. The molecular weight excluding hydrogens is 355 g/mol. The highest BCUT2D eigenvalue weighted by molar-refractivity contribution is 5.90. The van der Waals surface area contributed by atoms with Crippen LogP contribution >= 0.6 is 0 Å². The molecule has 1 amide bonds. The Morgan fingerprint density at radius 2 is 2.12 bits per heavy atom. The molecule has 1 fully saturated rings. The molecule has 2 aliphatic heterocycles. The summed E-state index contributed by atoms with van der Waals surface area (Å²) in [6.45, 7) is 0.673. The van der Waals surface area contributed by atoms with Crippen molar-refractivity contribution in [2.45, 2.75) is 43.8 Å². The van der Waals surface area contributed by atoms with Gasteiger partial charge in [-0.1, -0.05) is 0 Å². The fourth-order valence-corrected chi connectivity index (χ4v) is 3.15. The van der Waals surface area contributed by atoms with Crippen LogP contribution in [0.2, 0.25) is 0 Å². The smallest absolute Gasteiger partial charge is 0.414 e. The maximum Gasteiger partial charge on any atom is 0.414 e. The fourth-order valence-electron chi connectivity index (χ4n) is 3.15. The van der Waals surface area contributed by atoms with E-state index < -0.39 is 30.9 Å². The summed E-state index contributed by atoms with van der Waals surface area (Å²) in [5.74, 6) is 0.473. The third-order valence-electron chi connectivity index (χ3n) is 4.48. The van der Waals surface area contributed by atoms with Crippen LogP contribution in [-0.4, -0.2) is 55.9 Å². The highest BCUT2D eigenvalue weighted by atomic mass is 19.4. The van der Waals surface area contributed by atoms with Gasteiger partial charge in [-0.05, 0) is 36.6 Å². The van der Waals surface area contributed by atoms with Crippen molar-refractivity contribution in [1.29, 1.82) is 0 Å². The van der Waals surface area contributed by atoms with Crippen LogP contribution in [0.25, 0.3) is 0 Å². The Hall–Kier alpha value is -2.00. The van der Waals surface area contributed by atoms with Crippen molar-refractivity contribution >= 4 is 11.8 Å². The summed E-state index contributed by atoms with van der Waals surface area (Å²) < 4.78 is 53.2. The second-order valence-electron chi connectivity index (χ2n) is 6.44. The van der Waals surface area contributed by atoms with Crippen molar-refractivity contribution in [3.63, 3.8) is 0 Å². The van der Waals surface area contributed by atoms with E-state index in [1.807, 2.05) is 0 Å². The summed E-state index contributed by atoms with van der Waals surface area (Å²) in [6, 6.07) is 5.08. The Balaban J connectivity index is 1.67. The minimum absolute atomic E-state index is 0.305. The number of hydrogen-bond donors (Lipinski definition) is 1. The van der Waals surface area contributed by atoms with Crippen molar-refractivity contribution in [1.82, 2.24) is 0 Å². The molecule has 0 saturated carbocycles. The Bertz CT molecular complexity index is 666. The molecule has 1 aromatic rings. The number of halogens is 3. The lowest BCUT2D eigenvalue weighted by Crippen LogP contribution is -2.35. The summed E-state index contributed by atoms with van der Waals surface area (Å²) >= 11 is 0. The first-order valence-electron chi connectivity index (χ1n) is 8.29. The van der Waals surface area contributed by atoms with Crippen LogP contribution in [0.4, 0.5) is 23.7 Å². The van der Waals surface area contributed by atoms with E-state index in [-0.39, 0.29) is 6.10 Å². The molecule has 0 aliphatic carbocycles. The van der Waals surface area contributed by atoms with E-state index in [0.717, 1.165) is 5.56 Å². The van der Waals surface area contributed by atoms with Gasteiger partial charge in [0.2, 0.25) is 0 Å². The lowest BCUT2D eigenvalue weighted by molar-refractivity contribution is -0.210. The van der Waals surface area contributed by atoms with Crippen molar-refractivity contribution in [3.05, 3.63) is 23.8 Å². The number of carbonyl (C=O) groups excluding carboxylic acids is 1. The van der Waals surface area contributed by atoms with Crippen molar-refractivity contribution in [3.8, 4) is 5.75 Å². The van der Waals surface area contributed by atoms with Gasteiger partial charge in [0.05, 0.1) is 13.2 Å². The average molecular weight is 375 g/mol. The number of aliphatic hydroxyl groups excluding tert-OH is 1. The molecule has 144 valence electrons. The van der Waals surface area contributed by atoms with Crippen LogP contribution in [0.1, 0.15) is 18.4 Å². The third kappa shape index (κ3) is 4.04. The number of amides is 1. The fraction of sp³-hybridized carbons (Fsp3) is 0.588. The number of nitrogens with zero attached hydrogens (tertiary/aromatic N) is 1. The van der Waals surface area contributed by atoms with Gasteiger partial charge in [0.15, 0.2) is 6.10 Å². The molecule has 3 rings (SSSR count). The predicted molar refractivity (Wildman–Crippen MR) is 85.3 cm³/mol. The van der Waals surface area contributed by atoms with E-state index in [1.54, 1.807) is 18.2 Å². The van der Waals surface area contributed by atoms with Gasteiger partial charge in [0.1, 0.15) is 18.0 Å². The van der Waals surface area contributed by atoms with Gasteiger partial charge in [-0.15, -0.1) is 0 Å². The minimum Gasteiger partial charge on any atom is -0.490 e. The minimum atomic E-state index is -4.65. The lowest BCUT2D eigenvalue weighted by atomic mass is 9.98. The van der Waals surface area contributed by atoms with Crippen molar-refractivity contribution in [2.24, 2.45) is 0 Å². The van der Waals surface area contributed by atoms with Gasteiger partial charge in [-0.2, -0.15) is 13.2 Å². The molecule has 1 aromatic carbocycles. The molecule has 26 heavy (non-hydrogen) atoms. The summed E-state index contributed by atoms with van der Waals surface area (Å²) in [6.07, 6.45) is -8.19. The number of anilines is 1. The number of alkyl halides is 3. The van der Waals surface area contributed by atoms with Gasteiger partial charge in [0.25, 0.3) is 0 Å². The monoisotopic (exact) mass is 375 g/mol. The van der Waals surface area contributed by atoms with E-state index in [9.17, 15) is 23.1 Å². The van der Waals surface area contributed by atoms with E-state index in [1.165, 1.54) is 12.0 Å². The number of ether oxygens (including phenoxy) is 3. The summed E-state index contributed by atoms with van der Waals surface area (Å²) in [7, 11) is 1.53. The van der Waals surface area contributed by atoms with Gasteiger partial charge >= 0.3 is 12.3 Å². The van der Waals surface area contributed by atoms with Crippen molar-refractivity contribution < 1.29 is 37.3 Å². The zero-order chi connectivity index (χ0) is 18.9. The average Bonchev–Trinajstić information content (AvgIpc) is 2.94. The molecular formula is C17H20F3NO5. The molecule has 0 radical (unpaired) electrons. The van der Waals surface area contributed by atoms with Gasteiger partial charge < -0.3 is 19.3 Å². The zero-order valence-electron chi connectivity index (χ0n) is 14.2. The molecule has 0 aromatic heterocycles. The van der Waals surface area contributed by atoms with E-state index >= 15 is 0 Å². The topological polar surface area (TPSA) is 68.2 Å². The number of cyclic esters (lactones) is 1. The molecule has 1 saturated heterocycles. The largest absolute Gasteiger partial charge is 0.490 e. The molecule has 0 spiro atoms. The number of aryl methyl sites for hydroxylation is 1. The lowest BCUT2D eigenvalue weighted by Gasteiger charge is -2.29. The number of hydrogen-bond acceptors (Lipinski definition) is 5. The van der Waals surface area contributed by atoms with E-state index in [4.69, 9.17) is 14.2 Å². The van der Waals surface area contributed by atoms with Crippen molar-refractivity contribution in [2.75, 3.05) is 25.2 Å². The van der Waals surface area contributed by atoms with Gasteiger partial charge in [-0.25, -0.2) is 4.79 Å². The SMILES string of the molecule is COC[C@H]1CN(c2ccc3c(c2)CCC(CC(O)C(F)(F)F)O3)C(=O)O1. The van der Waals surface area contributed by atoms with E-state index in [2.05, 4.69) is 0 Å². The molecule has 6 nitrogen and oxygen atoms in total. The molecule has 0 bridgehead atoms. The predicted octanol–water partition coefficient (Wildman–Crippen LogP) is 2.67. The van der Waals surface area contributed by atoms with Crippen LogP contribution < -0.4 is 9.64 Å². The second-order valence-corrected chi connectivity index (χ2v) is 6.44. The summed E-state index contributed by atoms with van der Waals surface area (Å²) in [5, 5.41) is 9.20. The normalized spacial score (nSPS) is 24.0. The van der Waals surface area contributed by atoms with E-state index in [0.29, 0.717) is 37.4 Å². The number of carbonyl (C=O) groups is 1. The van der Waals surface area contributed by atoms with Crippen LogP contribution in [0.3, 0.4) is 0 Å². The van der Waals surface area contributed by atoms with Crippen LogP contribution in [0.15, 0.2) is 18.2 Å². The number of methoxy groups -OCH3 is 1. The first-order chi connectivity index (χ1) is 12.3. The second kappa shape index (κ2) is 7.32. The highest BCUT2D eigenvalue weighted by Gasteiger charge is 2.40. The van der Waals surface area contributed by atoms with Crippen LogP contribution in [-0.2, 0) is 15.9 Å². The Morgan fingerprint density at radius 3 is 2.81 bits per heavy atom. The molecule has 2 heterocycles.